The largest absolute Gasteiger partial charge is 0.420 e. The van der Waals surface area contributed by atoms with Crippen molar-refractivity contribution in [3.05, 3.63) is 25.3 Å². The minimum atomic E-state index is -1.09. The average Bonchev–Trinajstić information content (AvgIpc) is 2.03. The first-order valence-corrected chi connectivity index (χ1v) is 2.73. The van der Waals surface area contributed by atoms with E-state index >= 15 is 0 Å². The molecule has 0 saturated carbocycles. The monoisotopic (exact) mass is 155 g/mol. The highest BCUT2D eigenvalue weighted by atomic mass is 16.7. The van der Waals surface area contributed by atoms with Gasteiger partial charge in [-0.05, 0) is 6.08 Å². The number of carbonyl (C=O) groups is 1. The minimum absolute atomic E-state index is 0.690. The van der Waals surface area contributed by atoms with Gasteiger partial charge in [0, 0.05) is 6.08 Å². The van der Waals surface area contributed by atoms with Crippen LogP contribution in [0.2, 0.25) is 0 Å². The molecule has 0 bridgehead atoms. The Hall–Kier alpha value is -1.58. The second-order valence-electron chi connectivity index (χ2n) is 1.45. The zero-order valence-electron chi connectivity index (χ0n) is 5.78. The first kappa shape index (κ1) is 9.42. The van der Waals surface area contributed by atoms with Crippen LogP contribution in [0.4, 0.5) is 0 Å². The van der Waals surface area contributed by atoms with Gasteiger partial charge in [0.25, 0.3) is 6.29 Å². The first-order chi connectivity index (χ1) is 5.24. The lowest BCUT2D eigenvalue weighted by molar-refractivity contribution is -0.152. The minimum Gasteiger partial charge on any atom is -0.418 e. The summed E-state index contributed by atoms with van der Waals surface area (Å²) in [5.74, 6) is -0.690. The smallest absolute Gasteiger partial charge is 0.418 e. The van der Waals surface area contributed by atoms with Gasteiger partial charge in [-0.3, -0.25) is 0 Å². The predicted molar refractivity (Wildman–Crippen MR) is 37.1 cm³/mol. The maximum atomic E-state index is 10.5. The fourth-order valence-corrected chi connectivity index (χ4v) is 0.330. The summed E-state index contributed by atoms with van der Waals surface area (Å²) in [6.45, 7) is 7.51. The Morgan fingerprint density at radius 1 is 1.55 bits per heavy atom. The van der Waals surface area contributed by atoms with E-state index in [-0.39, 0.29) is 0 Å². The lowest BCUT2D eigenvalue weighted by Crippen LogP contribution is -2.16. The second-order valence-corrected chi connectivity index (χ2v) is 1.45. The Morgan fingerprint density at radius 3 is 2.55 bits per heavy atom. The van der Waals surface area contributed by atoms with Crippen LogP contribution in [0.3, 0.4) is 0 Å². The molecule has 0 heterocycles. The second kappa shape index (κ2) is 5.22. The molecule has 0 amide bonds. The number of rotatable bonds is 5. The van der Waals surface area contributed by atoms with E-state index in [4.69, 9.17) is 0 Å². The molecule has 0 fully saturated rings. The van der Waals surface area contributed by atoms with Gasteiger partial charge >= 0.3 is 12.4 Å². The fourth-order valence-electron chi connectivity index (χ4n) is 0.330. The highest BCUT2D eigenvalue weighted by Crippen LogP contribution is 1.94. The number of hydrogen-bond donors (Lipinski definition) is 0. The molecule has 0 aromatic heterocycles. The zero-order valence-corrected chi connectivity index (χ0v) is 5.78. The molecule has 0 aliphatic carbocycles. The third kappa shape index (κ3) is 3.91. The predicted octanol–water partition coefficient (Wildman–Crippen LogP) is 0.311. The van der Waals surface area contributed by atoms with Crippen LogP contribution in [-0.4, -0.2) is 18.7 Å². The van der Waals surface area contributed by atoms with Crippen LogP contribution in [0.15, 0.2) is 25.3 Å². The zero-order chi connectivity index (χ0) is 8.69. The Bertz CT molecular complexity index is 173. The molecule has 0 aromatic carbocycles. The van der Waals surface area contributed by atoms with E-state index in [0.717, 1.165) is 18.6 Å². The van der Waals surface area contributed by atoms with E-state index in [1.807, 2.05) is 0 Å². The first-order valence-electron chi connectivity index (χ1n) is 2.73. The molecule has 4 heteroatoms. The molecule has 0 aromatic rings. The van der Waals surface area contributed by atoms with Gasteiger partial charge in [0.05, 0.1) is 0 Å². The van der Waals surface area contributed by atoms with Crippen LogP contribution in [-0.2, 0) is 19.1 Å². The van der Waals surface area contributed by atoms with Gasteiger partial charge in [-0.15, -0.1) is 0 Å². The molecule has 0 rings (SSSR count). The molecular weight excluding hydrogens is 148 g/mol. The summed E-state index contributed by atoms with van der Waals surface area (Å²) in [5.41, 5.74) is 0. The molecule has 0 saturated heterocycles. The number of ether oxygens (including phenoxy) is 2. The van der Waals surface area contributed by atoms with E-state index in [1.165, 1.54) is 0 Å². The summed E-state index contributed by atoms with van der Waals surface area (Å²) in [7, 11) is 0. The molecule has 11 heavy (non-hydrogen) atoms. The molecule has 0 spiro atoms. The quantitative estimate of drug-likeness (QED) is 0.248. The van der Waals surface area contributed by atoms with Gasteiger partial charge in [0.15, 0.2) is 0 Å². The molecule has 0 aliphatic rings. The lowest BCUT2D eigenvalue weighted by atomic mass is 10.6. The van der Waals surface area contributed by atoms with Gasteiger partial charge in [0.1, 0.15) is 0 Å². The van der Waals surface area contributed by atoms with Crippen LogP contribution in [0.25, 0.3) is 0 Å². The maximum absolute atomic E-state index is 10.5. The molecule has 0 aliphatic heterocycles. The van der Waals surface area contributed by atoms with Crippen molar-refractivity contribution in [1.29, 1.82) is 0 Å². The third-order valence-corrected chi connectivity index (χ3v) is 0.756. The molecule has 4 nitrogen and oxygen atoms in total. The van der Waals surface area contributed by atoms with Gasteiger partial charge < -0.3 is 9.47 Å². The summed E-state index contributed by atoms with van der Waals surface area (Å²) in [6, 6.07) is 0. The molecule has 1 radical (unpaired) electrons. The SMILES string of the molecule is C=CC(=O)OC(C=C)O[C]=O. The third-order valence-electron chi connectivity index (χ3n) is 0.756. The maximum Gasteiger partial charge on any atom is 0.420 e. The van der Waals surface area contributed by atoms with E-state index in [2.05, 4.69) is 22.6 Å². The number of esters is 1. The van der Waals surface area contributed by atoms with Crippen LogP contribution in [0.1, 0.15) is 0 Å². The highest BCUT2D eigenvalue weighted by molar-refractivity contribution is 5.81. The van der Waals surface area contributed by atoms with Crippen molar-refractivity contribution in [2.45, 2.75) is 6.29 Å². The summed E-state index contributed by atoms with van der Waals surface area (Å²) < 4.78 is 8.58. The topological polar surface area (TPSA) is 52.6 Å². The lowest BCUT2D eigenvalue weighted by Gasteiger charge is -2.08. The van der Waals surface area contributed by atoms with Crippen molar-refractivity contribution in [3.8, 4) is 0 Å². The Morgan fingerprint density at radius 2 is 2.18 bits per heavy atom. The number of hydrogen-bond acceptors (Lipinski definition) is 4. The standard InChI is InChI=1S/C7H7O4/c1-3-6(9)11-7(4-2)10-5-8/h3-4,7H,1-2H2. The van der Waals surface area contributed by atoms with Crippen molar-refractivity contribution in [2.24, 2.45) is 0 Å². The van der Waals surface area contributed by atoms with Crippen molar-refractivity contribution in [1.82, 2.24) is 0 Å². The van der Waals surface area contributed by atoms with Crippen molar-refractivity contribution < 1.29 is 19.1 Å². The molecule has 59 valence electrons. The summed E-state index contributed by atoms with van der Waals surface area (Å²) in [5, 5.41) is 0. The van der Waals surface area contributed by atoms with Gasteiger partial charge in [-0.25, -0.2) is 9.59 Å². The molecule has 0 N–H and O–H groups in total. The Kier molecular flexibility index (Phi) is 4.47. The van der Waals surface area contributed by atoms with E-state index < -0.39 is 12.3 Å². The van der Waals surface area contributed by atoms with Crippen LogP contribution >= 0.6 is 0 Å². The van der Waals surface area contributed by atoms with Crippen molar-refractivity contribution in [2.75, 3.05) is 0 Å². The van der Waals surface area contributed by atoms with Gasteiger partial charge in [-0.1, -0.05) is 13.2 Å². The summed E-state index contributed by atoms with van der Waals surface area (Å²) >= 11 is 0. The van der Waals surface area contributed by atoms with E-state index in [1.54, 1.807) is 0 Å². The Labute approximate surface area is 64.1 Å². The van der Waals surface area contributed by atoms with E-state index in [9.17, 15) is 9.59 Å². The molecular formula is C7H7O4. The van der Waals surface area contributed by atoms with Crippen LogP contribution in [0.5, 0.6) is 0 Å². The normalized spacial score (nSPS) is 10.9. The van der Waals surface area contributed by atoms with Crippen LogP contribution in [0, 0.1) is 0 Å². The van der Waals surface area contributed by atoms with Gasteiger partial charge in [0.2, 0.25) is 0 Å². The van der Waals surface area contributed by atoms with Crippen molar-refractivity contribution in [3.63, 3.8) is 0 Å². The number of carbonyl (C=O) groups excluding carboxylic acids is 2. The summed E-state index contributed by atoms with van der Waals surface area (Å²) in [4.78, 5) is 20.1. The molecule has 1 unspecified atom stereocenters. The van der Waals surface area contributed by atoms with Crippen LogP contribution < -0.4 is 0 Å². The Balaban J connectivity index is 3.85. The molecule has 1 atom stereocenters. The fraction of sp³-hybridized carbons (Fsp3) is 0.143. The summed E-state index contributed by atoms with van der Waals surface area (Å²) in [6.07, 6.45) is 1.01. The van der Waals surface area contributed by atoms with Gasteiger partial charge in [-0.2, -0.15) is 0 Å². The van der Waals surface area contributed by atoms with E-state index in [0.29, 0.717) is 0 Å². The highest BCUT2D eigenvalue weighted by Gasteiger charge is 2.07. The average molecular weight is 155 g/mol. The van der Waals surface area contributed by atoms with Crippen molar-refractivity contribution >= 4 is 12.4 Å².